The van der Waals surface area contributed by atoms with Crippen LogP contribution in [-0.4, -0.2) is 47.4 Å². The van der Waals surface area contributed by atoms with E-state index < -0.39 is 21.5 Å². The summed E-state index contributed by atoms with van der Waals surface area (Å²) >= 11 is 0. The molecule has 0 unspecified atom stereocenters. The van der Waals surface area contributed by atoms with Gasteiger partial charge in [-0.25, -0.2) is 0 Å². The molecule has 0 saturated heterocycles. The third-order valence-corrected chi connectivity index (χ3v) is 9.13. The smallest absolute Gasteiger partial charge is 0.303 e. The van der Waals surface area contributed by atoms with Gasteiger partial charge in [0.05, 0.1) is 10.3 Å². The molecule has 0 aliphatic carbocycles. The first-order valence-electron chi connectivity index (χ1n) is 14.1. The molecule has 2 aromatic rings. The number of allylic oxidation sites excluding steroid dienone is 6. The average Bonchev–Trinajstić information content (AvgIpc) is 3.23. The van der Waals surface area contributed by atoms with Crippen molar-refractivity contribution in [2.45, 2.75) is 76.5 Å². The van der Waals surface area contributed by atoms with Gasteiger partial charge in [0, 0.05) is 47.5 Å². The molecule has 0 radical (unpaired) electrons. The van der Waals surface area contributed by atoms with Gasteiger partial charge in [0.15, 0.2) is 5.71 Å². The number of anilines is 1. The van der Waals surface area contributed by atoms with Crippen molar-refractivity contribution in [3.8, 4) is 0 Å². The zero-order valence-corrected chi connectivity index (χ0v) is 25.6. The molecule has 2 aliphatic heterocycles. The molecule has 0 spiro atoms. The Kier molecular flexibility index (Phi) is 8.48. The van der Waals surface area contributed by atoms with Crippen LogP contribution in [0.2, 0.25) is 0 Å². The molecule has 0 fully saturated rings. The highest BCUT2D eigenvalue weighted by atomic mass is 32.2. The number of carboxylic acid groups (broad SMARTS) is 1. The Hall–Kier alpha value is -3.49. The van der Waals surface area contributed by atoms with Crippen LogP contribution in [0.5, 0.6) is 0 Å². The van der Waals surface area contributed by atoms with Gasteiger partial charge in [0.2, 0.25) is 5.69 Å². The summed E-state index contributed by atoms with van der Waals surface area (Å²) in [5, 5.41) is 9.05. The van der Waals surface area contributed by atoms with E-state index >= 15 is 0 Å². The van der Waals surface area contributed by atoms with Crippen LogP contribution in [0, 0.1) is 6.92 Å². The van der Waals surface area contributed by atoms with E-state index in [1.807, 2.05) is 32.1 Å². The minimum Gasteiger partial charge on any atom is -0.481 e. The molecule has 7 nitrogen and oxygen atoms in total. The van der Waals surface area contributed by atoms with Crippen molar-refractivity contribution >= 4 is 33.2 Å². The lowest BCUT2D eigenvalue weighted by atomic mass is 9.81. The molecular weight excluding hydrogens is 536 g/mol. The lowest BCUT2D eigenvalue weighted by molar-refractivity contribution is -0.433. The Balaban J connectivity index is 1.64. The first-order valence-corrected chi connectivity index (χ1v) is 15.6. The molecule has 0 aromatic heterocycles. The van der Waals surface area contributed by atoms with E-state index in [9.17, 15) is 17.8 Å². The van der Waals surface area contributed by atoms with Crippen molar-refractivity contribution in [3.05, 3.63) is 89.2 Å². The third-order valence-electron chi connectivity index (χ3n) is 8.28. The maximum absolute atomic E-state index is 11.9. The number of hydrogen-bond donors (Lipinski definition) is 2. The summed E-state index contributed by atoms with van der Waals surface area (Å²) < 4.78 is 35.7. The second-order valence-electron chi connectivity index (χ2n) is 11.9. The summed E-state index contributed by atoms with van der Waals surface area (Å²) in [5.41, 5.74) is 7.07. The number of rotatable bonds is 10. The summed E-state index contributed by atoms with van der Waals surface area (Å²) in [7, 11) is -4.34. The Morgan fingerprint density at radius 2 is 1.71 bits per heavy atom. The molecule has 0 bridgehead atoms. The van der Waals surface area contributed by atoms with Crippen molar-refractivity contribution in [1.29, 1.82) is 0 Å². The Bertz CT molecular complexity index is 1590. The topological polar surface area (TPSA) is 97.9 Å². The number of carbonyl (C=O) groups is 1. The standard InChI is InChI=1S/C33H40N2O5S/c1-7-34-27-18-16-23(2)21-25(27)32(3,4)29(34)13-9-8-10-14-30-33(5,6)26-22-24(41(38,39)40)17-19-28(26)35(30)20-12-11-15-31(36)37/h8-10,13-14,16-19,21-22H,7,11-12,15,20H2,1-6H3,(H-,36,37,38,39,40)/p+1. The zero-order valence-electron chi connectivity index (χ0n) is 24.8. The number of benzene rings is 2. The van der Waals surface area contributed by atoms with Crippen LogP contribution in [0.15, 0.2) is 77.4 Å². The molecule has 0 atom stereocenters. The van der Waals surface area contributed by atoms with E-state index in [2.05, 4.69) is 67.5 Å². The van der Waals surface area contributed by atoms with Gasteiger partial charge in [0.25, 0.3) is 10.1 Å². The Morgan fingerprint density at radius 1 is 0.976 bits per heavy atom. The number of unbranched alkanes of at least 4 members (excludes halogenated alkanes) is 1. The second-order valence-corrected chi connectivity index (χ2v) is 13.3. The largest absolute Gasteiger partial charge is 0.481 e. The molecule has 41 heavy (non-hydrogen) atoms. The number of fused-ring (bicyclic) bond motifs is 2. The number of hydrogen-bond acceptors (Lipinski definition) is 4. The lowest BCUT2D eigenvalue weighted by Gasteiger charge is -2.27. The van der Waals surface area contributed by atoms with Crippen molar-refractivity contribution < 1.29 is 27.4 Å². The quantitative estimate of drug-likeness (QED) is 0.141. The summed E-state index contributed by atoms with van der Waals surface area (Å²) in [6.07, 6.45) is 11.6. The fourth-order valence-electron chi connectivity index (χ4n) is 6.09. The fraction of sp³-hybridized carbons (Fsp3) is 0.394. The number of nitrogens with zero attached hydrogens (tertiary/aromatic N) is 2. The van der Waals surface area contributed by atoms with Crippen molar-refractivity contribution in [2.75, 3.05) is 18.0 Å². The van der Waals surface area contributed by atoms with Crippen LogP contribution >= 0.6 is 0 Å². The summed E-state index contributed by atoms with van der Waals surface area (Å²) in [5.74, 6) is -0.821. The molecule has 2 aliphatic rings. The van der Waals surface area contributed by atoms with Crippen molar-refractivity contribution in [3.63, 3.8) is 0 Å². The molecule has 2 heterocycles. The first kappa shape index (κ1) is 30.5. The van der Waals surface area contributed by atoms with Gasteiger partial charge in [-0.15, -0.1) is 0 Å². The first-order chi connectivity index (χ1) is 19.2. The summed E-state index contributed by atoms with van der Waals surface area (Å²) in [4.78, 5) is 13.0. The van der Waals surface area contributed by atoms with Crippen LogP contribution in [0.3, 0.4) is 0 Å². The van der Waals surface area contributed by atoms with Gasteiger partial charge in [-0.2, -0.15) is 13.0 Å². The normalized spacial score (nSPS) is 18.6. The molecule has 2 N–H and O–H groups in total. The van der Waals surface area contributed by atoms with E-state index in [0.717, 1.165) is 23.5 Å². The molecule has 0 amide bonds. The van der Waals surface area contributed by atoms with E-state index in [4.69, 9.17) is 5.11 Å². The van der Waals surface area contributed by atoms with E-state index in [0.29, 0.717) is 19.4 Å². The molecule has 8 heteroatoms. The molecule has 2 aromatic carbocycles. The van der Waals surface area contributed by atoms with Crippen LogP contribution in [0.1, 0.15) is 70.6 Å². The van der Waals surface area contributed by atoms with Crippen LogP contribution in [-0.2, 0) is 25.7 Å². The maximum Gasteiger partial charge on any atom is 0.303 e. The van der Waals surface area contributed by atoms with Gasteiger partial charge < -0.3 is 10.0 Å². The van der Waals surface area contributed by atoms with Gasteiger partial charge >= 0.3 is 5.97 Å². The molecule has 218 valence electrons. The number of carboxylic acids is 1. The van der Waals surface area contributed by atoms with Crippen LogP contribution in [0.25, 0.3) is 0 Å². The van der Waals surface area contributed by atoms with E-state index in [1.54, 1.807) is 6.07 Å². The highest BCUT2D eigenvalue weighted by Gasteiger charge is 2.44. The van der Waals surface area contributed by atoms with Gasteiger partial charge in [-0.1, -0.05) is 43.7 Å². The molecular formula is C33H41N2O5S+. The highest BCUT2D eigenvalue weighted by molar-refractivity contribution is 7.85. The Morgan fingerprint density at radius 3 is 2.37 bits per heavy atom. The summed E-state index contributed by atoms with van der Waals surface area (Å²) in [6.45, 7) is 14.3. The SMILES string of the molecule is CC[N+]1=C(/C=C/C=C/C=C2/N(CCCCC(=O)O)c3ccc(S(=O)(=O)O)cc3C2(C)C)C(C)(C)c2cc(C)ccc21. The third kappa shape index (κ3) is 5.95. The fourth-order valence-corrected chi connectivity index (χ4v) is 6.60. The predicted molar refractivity (Wildman–Crippen MR) is 164 cm³/mol. The van der Waals surface area contributed by atoms with E-state index in [1.165, 1.54) is 34.7 Å². The number of aliphatic carboxylic acids is 1. The Labute approximate surface area is 244 Å². The van der Waals surface area contributed by atoms with Crippen LogP contribution in [0.4, 0.5) is 11.4 Å². The maximum atomic E-state index is 11.9. The highest BCUT2D eigenvalue weighted by Crippen LogP contribution is 2.48. The van der Waals surface area contributed by atoms with Gasteiger partial charge in [0.1, 0.15) is 6.54 Å². The molecule has 4 rings (SSSR count). The number of aryl methyl sites for hydroxylation is 1. The van der Waals surface area contributed by atoms with E-state index in [-0.39, 0.29) is 16.7 Å². The van der Waals surface area contributed by atoms with Gasteiger partial charge in [-0.05, 0) is 76.4 Å². The minimum atomic E-state index is -4.34. The lowest BCUT2D eigenvalue weighted by Crippen LogP contribution is -2.27. The predicted octanol–water partition coefficient (Wildman–Crippen LogP) is 6.69. The van der Waals surface area contributed by atoms with Crippen molar-refractivity contribution in [1.82, 2.24) is 0 Å². The van der Waals surface area contributed by atoms with Crippen LogP contribution < -0.4 is 4.90 Å². The minimum absolute atomic E-state index is 0.100. The molecule has 0 saturated carbocycles. The zero-order chi connectivity index (χ0) is 30.2. The summed E-state index contributed by atoms with van der Waals surface area (Å²) in [6, 6.07) is 11.3. The monoisotopic (exact) mass is 577 g/mol. The average molecular weight is 578 g/mol. The van der Waals surface area contributed by atoms with Gasteiger partial charge in [-0.3, -0.25) is 9.35 Å². The van der Waals surface area contributed by atoms with Crippen molar-refractivity contribution in [2.24, 2.45) is 0 Å². The second kappa shape index (κ2) is 11.4.